The van der Waals surface area contributed by atoms with Gasteiger partial charge in [0.1, 0.15) is 11.6 Å². The van der Waals surface area contributed by atoms with E-state index in [4.69, 9.17) is 14.2 Å². The van der Waals surface area contributed by atoms with Crippen molar-refractivity contribution in [2.24, 2.45) is 5.92 Å². The van der Waals surface area contributed by atoms with E-state index < -0.39 is 5.91 Å². The van der Waals surface area contributed by atoms with Crippen LogP contribution >= 0.6 is 0 Å². The summed E-state index contributed by atoms with van der Waals surface area (Å²) in [7, 11) is 3.10. The maximum Gasteiger partial charge on any atom is 0.262 e. The lowest BCUT2D eigenvalue weighted by Gasteiger charge is -2.12. The van der Waals surface area contributed by atoms with Crippen molar-refractivity contribution in [3.63, 3.8) is 0 Å². The van der Waals surface area contributed by atoms with Crippen LogP contribution in [0.4, 0.5) is 0 Å². The van der Waals surface area contributed by atoms with Gasteiger partial charge in [0.2, 0.25) is 0 Å². The zero-order valence-electron chi connectivity index (χ0n) is 15.3. The number of carbonyl (C=O) groups is 1. The zero-order valence-corrected chi connectivity index (χ0v) is 15.3. The van der Waals surface area contributed by atoms with Crippen molar-refractivity contribution in [2.75, 3.05) is 34.0 Å². The summed E-state index contributed by atoms with van der Waals surface area (Å²) in [5.41, 5.74) is 0.707. The number of nitrogens with one attached hydrogen (secondary N) is 1. The van der Waals surface area contributed by atoms with Crippen LogP contribution in [-0.4, -0.2) is 39.9 Å². The molecule has 6 nitrogen and oxygen atoms in total. The predicted molar refractivity (Wildman–Crippen MR) is 96.4 cm³/mol. The molecule has 6 heteroatoms. The molecule has 0 bridgehead atoms. The molecule has 0 saturated heterocycles. The number of hydrogen-bond donors (Lipinski definition) is 1. The second kappa shape index (κ2) is 11.1. The van der Waals surface area contributed by atoms with Crippen LogP contribution in [0.2, 0.25) is 0 Å². The first-order chi connectivity index (χ1) is 12.0. The fraction of sp³-hybridized carbons (Fsp3) is 0.474. The number of carbonyl (C=O) groups excluding carboxylic acids is 1. The van der Waals surface area contributed by atoms with Crippen LogP contribution in [0.5, 0.6) is 11.5 Å². The molecule has 25 heavy (non-hydrogen) atoms. The van der Waals surface area contributed by atoms with Crippen molar-refractivity contribution in [1.29, 1.82) is 5.26 Å². The lowest BCUT2D eigenvalue weighted by molar-refractivity contribution is -0.117. The van der Waals surface area contributed by atoms with Crippen LogP contribution in [0, 0.1) is 17.2 Å². The Labute approximate surface area is 149 Å². The van der Waals surface area contributed by atoms with Crippen molar-refractivity contribution < 1.29 is 19.0 Å². The van der Waals surface area contributed by atoms with Crippen LogP contribution in [0.3, 0.4) is 0 Å². The number of ether oxygens (including phenoxy) is 3. The van der Waals surface area contributed by atoms with Crippen LogP contribution in [0.25, 0.3) is 6.08 Å². The maximum atomic E-state index is 12.0. The van der Waals surface area contributed by atoms with E-state index in [1.54, 1.807) is 32.4 Å². The molecular formula is C19H26N2O4. The minimum absolute atomic E-state index is 0.0200. The summed E-state index contributed by atoms with van der Waals surface area (Å²) in [5.74, 6) is 1.33. The number of nitriles is 1. The fourth-order valence-corrected chi connectivity index (χ4v) is 1.97. The van der Waals surface area contributed by atoms with Gasteiger partial charge in [0.25, 0.3) is 5.91 Å². The van der Waals surface area contributed by atoms with Crippen molar-refractivity contribution in [2.45, 2.75) is 20.3 Å². The standard InChI is InChI=1S/C19H26N2O4/c1-14(2)7-9-25-17-6-5-15(12-18(17)24-4)11-16(13-20)19(22)21-8-10-23-3/h5-6,11-12,14H,7-10H2,1-4H3,(H,21,22)/b16-11-. The van der Waals surface area contributed by atoms with Gasteiger partial charge in [-0.1, -0.05) is 19.9 Å². The quantitative estimate of drug-likeness (QED) is 0.400. The lowest BCUT2D eigenvalue weighted by atomic mass is 10.1. The SMILES string of the molecule is COCCNC(=O)/C(C#N)=C\c1ccc(OCCC(C)C)c(OC)c1. The summed E-state index contributed by atoms with van der Waals surface area (Å²) < 4.78 is 15.9. The molecule has 0 radical (unpaired) electrons. The molecule has 0 aliphatic heterocycles. The van der Waals surface area contributed by atoms with Gasteiger partial charge in [-0.25, -0.2) is 0 Å². The lowest BCUT2D eigenvalue weighted by Crippen LogP contribution is -2.27. The largest absolute Gasteiger partial charge is 0.493 e. The molecule has 0 unspecified atom stereocenters. The topological polar surface area (TPSA) is 80.6 Å². The van der Waals surface area contributed by atoms with E-state index in [1.807, 2.05) is 6.07 Å². The third-order valence-corrected chi connectivity index (χ3v) is 3.41. The minimum atomic E-state index is -0.434. The molecule has 0 aliphatic rings. The Morgan fingerprint density at radius 1 is 1.28 bits per heavy atom. The van der Waals surface area contributed by atoms with Gasteiger partial charge in [-0.2, -0.15) is 5.26 Å². The highest BCUT2D eigenvalue weighted by Gasteiger charge is 2.10. The molecule has 0 heterocycles. The van der Waals surface area contributed by atoms with E-state index >= 15 is 0 Å². The van der Waals surface area contributed by atoms with E-state index in [0.29, 0.717) is 42.7 Å². The summed E-state index contributed by atoms with van der Waals surface area (Å²) in [6.07, 6.45) is 2.47. The Kier molecular flexibility index (Phi) is 9.12. The Morgan fingerprint density at radius 3 is 2.64 bits per heavy atom. The van der Waals surface area contributed by atoms with Crippen LogP contribution in [0.15, 0.2) is 23.8 Å². The zero-order chi connectivity index (χ0) is 18.7. The Bertz CT molecular complexity index is 633. The van der Waals surface area contributed by atoms with Gasteiger partial charge < -0.3 is 19.5 Å². The predicted octanol–water partition coefficient (Wildman–Crippen LogP) is 2.79. The van der Waals surface area contributed by atoms with Crippen molar-refractivity contribution >= 4 is 12.0 Å². The first-order valence-corrected chi connectivity index (χ1v) is 8.21. The van der Waals surface area contributed by atoms with Crippen LogP contribution in [-0.2, 0) is 9.53 Å². The van der Waals surface area contributed by atoms with Gasteiger partial charge in [-0.05, 0) is 36.1 Å². The van der Waals surface area contributed by atoms with Crippen molar-refractivity contribution in [3.05, 3.63) is 29.3 Å². The minimum Gasteiger partial charge on any atom is -0.493 e. The van der Waals surface area contributed by atoms with E-state index in [0.717, 1.165) is 6.42 Å². The van der Waals surface area contributed by atoms with Gasteiger partial charge in [0.05, 0.1) is 20.3 Å². The molecule has 1 amide bonds. The van der Waals surface area contributed by atoms with E-state index in [9.17, 15) is 10.1 Å². The fourth-order valence-electron chi connectivity index (χ4n) is 1.97. The Morgan fingerprint density at radius 2 is 2.04 bits per heavy atom. The molecule has 1 aromatic rings. The van der Waals surface area contributed by atoms with Gasteiger partial charge in [-0.3, -0.25) is 4.79 Å². The third kappa shape index (κ3) is 7.27. The number of hydrogen-bond acceptors (Lipinski definition) is 5. The van der Waals surface area contributed by atoms with Gasteiger partial charge in [-0.15, -0.1) is 0 Å². The molecule has 136 valence electrons. The van der Waals surface area contributed by atoms with Crippen LogP contribution in [0.1, 0.15) is 25.8 Å². The van der Waals surface area contributed by atoms with Gasteiger partial charge in [0, 0.05) is 13.7 Å². The molecule has 0 fully saturated rings. The van der Waals surface area contributed by atoms with Crippen molar-refractivity contribution in [3.8, 4) is 17.6 Å². The number of methoxy groups -OCH3 is 2. The van der Waals surface area contributed by atoms with Crippen LogP contribution < -0.4 is 14.8 Å². The summed E-state index contributed by atoms with van der Waals surface area (Å²) in [5, 5.41) is 11.8. The molecule has 1 N–H and O–H groups in total. The molecule has 0 aromatic heterocycles. The Balaban J connectivity index is 2.86. The van der Waals surface area contributed by atoms with E-state index in [-0.39, 0.29) is 5.57 Å². The molecule has 0 saturated carbocycles. The first-order valence-electron chi connectivity index (χ1n) is 8.21. The molecule has 0 atom stereocenters. The smallest absolute Gasteiger partial charge is 0.262 e. The summed E-state index contributed by atoms with van der Waals surface area (Å²) >= 11 is 0. The summed E-state index contributed by atoms with van der Waals surface area (Å²) in [6, 6.07) is 7.22. The maximum absolute atomic E-state index is 12.0. The molecule has 1 aromatic carbocycles. The number of benzene rings is 1. The second-order valence-electron chi connectivity index (χ2n) is 5.86. The number of nitrogens with zero attached hydrogens (tertiary/aromatic N) is 1. The highest BCUT2D eigenvalue weighted by Crippen LogP contribution is 2.29. The van der Waals surface area contributed by atoms with E-state index in [1.165, 1.54) is 6.08 Å². The van der Waals surface area contributed by atoms with Gasteiger partial charge >= 0.3 is 0 Å². The Hall–Kier alpha value is -2.52. The first kappa shape index (κ1) is 20.5. The average Bonchev–Trinajstić information content (AvgIpc) is 2.60. The highest BCUT2D eigenvalue weighted by molar-refractivity contribution is 6.01. The highest BCUT2D eigenvalue weighted by atomic mass is 16.5. The summed E-state index contributed by atoms with van der Waals surface area (Å²) in [4.78, 5) is 12.0. The monoisotopic (exact) mass is 346 g/mol. The summed E-state index contributed by atoms with van der Waals surface area (Å²) in [6.45, 7) is 5.61. The second-order valence-corrected chi connectivity index (χ2v) is 5.86. The van der Waals surface area contributed by atoms with E-state index in [2.05, 4.69) is 19.2 Å². The average molecular weight is 346 g/mol. The van der Waals surface area contributed by atoms with Crippen molar-refractivity contribution in [1.82, 2.24) is 5.32 Å². The van der Waals surface area contributed by atoms with Gasteiger partial charge in [0.15, 0.2) is 11.5 Å². The third-order valence-electron chi connectivity index (χ3n) is 3.41. The molecule has 1 rings (SSSR count). The number of rotatable bonds is 10. The number of amides is 1. The molecular weight excluding hydrogens is 320 g/mol. The normalized spacial score (nSPS) is 11.1. The molecule has 0 aliphatic carbocycles. The molecule has 0 spiro atoms.